The highest BCUT2D eigenvalue weighted by molar-refractivity contribution is 6.33. The fourth-order valence-electron chi connectivity index (χ4n) is 9.59. The van der Waals surface area contributed by atoms with Crippen molar-refractivity contribution < 1.29 is 37.4 Å². The number of nitrogens with one attached hydrogen (secondary N) is 3. The van der Waals surface area contributed by atoms with Crippen molar-refractivity contribution >= 4 is 69.3 Å². The number of likely N-dealkylation sites (N-methyl/N-ethyl adjacent to an activating group) is 1. The van der Waals surface area contributed by atoms with Crippen LogP contribution in [0.1, 0.15) is 74.3 Å². The van der Waals surface area contributed by atoms with Gasteiger partial charge >= 0.3 is 0 Å². The maximum absolute atomic E-state index is 16.0. The highest BCUT2D eigenvalue weighted by Crippen LogP contribution is 2.38. The van der Waals surface area contributed by atoms with Crippen LogP contribution >= 0.6 is 11.6 Å². The van der Waals surface area contributed by atoms with Gasteiger partial charge in [-0.15, -0.1) is 0 Å². The van der Waals surface area contributed by atoms with Gasteiger partial charge in [-0.3, -0.25) is 34.2 Å². The molecule has 1 saturated carbocycles. The molecule has 5 aliphatic rings. The number of halogens is 3. The van der Waals surface area contributed by atoms with E-state index in [-0.39, 0.29) is 78.3 Å². The van der Waals surface area contributed by atoms with E-state index in [1.807, 2.05) is 36.9 Å². The minimum Gasteiger partial charge on any atom is -0.478 e. The summed E-state index contributed by atoms with van der Waals surface area (Å²) in [7, 11) is 1.50. The number of hydrogen-bond acceptors (Lipinski definition) is 13. The molecule has 1 atom stereocenters. The number of imide groups is 1. The fourth-order valence-corrected chi connectivity index (χ4v) is 9.73. The molecule has 0 bridgehead atoms. The van der Waals surface area contributed by atoms with Gasteiger partial charge in [0.1, 0.15) is 16.9 Å². The number of fused-ring (bicyclic) bond motifs is 2. The summed E-state index contributed by atoms with van der Waals surface area (Å²) in [5.41, 5.74) is 0.801. The van der Waals surface area contributed by atoms with Crippen LogP contribution in [0.4, 0.5) is 31.9 Å². The van der Waals surface area contributed by atoms with E-state index in [1.54, 1.807) is 16.8 Å². The van der Waals surface area contributed by atoms with Crippen LogP contribution in [0, 0.1) is 11.6 Å². The lowest BCUT2D eigenvalue weighted by Gasteiger charge is -2.47. The molecule has 0 radical (unpaired) electrons. The molecule has 1 unspecified atom stereocenters. The molecule has 4 aliphatic heterocycles. The van der Waals surface area contributed by atoms with Crippen LogP contribution in [0.2, 0.25) is 5.02 Å². The van der Waals surface area contributed by atoms with Crippen molar-refractivity contribution in [3.05, 3.63) is 74.7 Å². The predicted molar refractivity (Wildman–Crippen MR) is 238 cm³/mol. The van der Waals surface area contributed by atoms with E-state index in [1.165, 1.54) is 7.05 Å². The standard InChI is InChI=1S/C45H51ClF2N10O7/c1-24(2)58-33-5-4-26(16-25(33)17-36(43(58)62)64-23-38(60)49-3)51-41-31(46)21-50-45(53-41)56-10-8-28(9-11-56)65-29-18-27(19-29)54-12-14-55(15-13-54)35-20-32(47)39-30(40(35)48)22-57(44(39)63)34-6-7-37(59)52-42(34)61/h4-5,16-17,20-21,24,27-29,34H,6-15,18-19,22-23H2,1-3H3,(H,49,60)(H,50,51,53)(H,52,59,61). The third-order valence-electron chi connectivity index (χ3n) is 13.2. The van der Waals surface area contributed by atoms with Crippen molar-refractivity contribution in [2.24, 2.45) is 0 Å². The monoisotopic (exact) mass is 916 g/mol. The summed E-state index contributed by atoms with van der Waals surface area (Å²) in [5, 5.41) is 9.09. The lowest BCUT2D eigenvalue weighted by Crippen LogP contribution is -2.56. The first-order valence-electron chi connectivity index (χ1n) is 22.1. The minimum atomic E-state index is -0.954. The number of carbonyl (C=O) groups excluding carboxylic acids is 4. The largest absolute Gasteiger partial charge is 0.478 e. The van der Waals surface area contributed by atoms with Crippen molar-refractivity contribution in [2.45, 2.75) is 89.3 Å². The Morgan fingerprint density at radius 3 is 2.43 bits per heavy atom. The number of ether oxygens (including phenoxy) is 2. The Morgan fingerprint density at radius 1 is 0.969 bits per heavy atom. The van der Waals surface area contributed by atoms with Crippen molar-refractivity contribution in [2.75, 3.05) is 68.0 Å². The smallest absolute Gasteiger partial charge is 0.293 e. The zero-order valence-electron chi connectivity index (χ0n) is 36.4. The SMILES string of the molecule is CNC(=O)COc1cc2cc(Nc3nc(N4CCC(OC5CC(N6CCN(c7cc(F)c8c(c7F)CN(C7CCC(=O)NC7=O)C8=O)CC6)C5)CC4)ncc3Cl)ccc2n(C(C)C)c1=O. The molecular weight excluding hydrogens is 866 g/mol. The van der Waals surface area contributed by atoms with E-state index in [2.05, 4.69) is 30.7 Å². The molecule has 344 valence electrons. The lowest BCUT2D eigenvalue weighted by molar-refractivity contribution is -0.137. The number of aromatic nitrogens is 3. The summed E-state index contributed by atoms with van der Waals surface area (Å²) >= 11 is 6.58. The van der Waals surface area contributed by atoms with E-state index in [0.29, 0.717) is 73.3 Å². The molecule has 20 heteroatoms. The highest BCUT2D eigenvalue weighted by atomic mass is 35.5. The predicted octanol–water partition coefficient (Wildman–Crippen LogP) is 4.27. The average molecular weight is 917 g/mol. The van der Waals surface area contributed by atoms with Crippen molar-refractivity contribution in [3.63, 3.8) is 0 Å². The first-order valence-corrected chi connectivity index (χ1v) is 22.5. The van der Waals surface area contributed by atoms with Crippen LogP contribution in [-0.2, 0) is 25.7 Å². The minimum absolute atomic E-state index is 0.0493. The van der Waals surface area contributed by atoms with Crippen molar-refractivity contribution in [3.8, 4) is 5.75 Å². The molecule has 3 saturated heterocycles. The van der Waals surface area contributed by atoms with Gasteiger partial charge in [0.25, 0.3) is 17.4 Å². The van der Waals surface area contributed by atoms with Gasteiger partial charge in [-0.2, -0.15) is 4.98 Å². The Morgan fingerprint density at radius 2 is 1.72 bits per heavy atom. The third kappa shape index (κ3) is 8.80. The summed E-state index contributed by atoms with van der Waals surface area (Å²) < 4.78 is 45.2. The zero-order valence-corrected chi connectivity index (χ0v) is 37.1. The van der Waals surface area contributed by atoms with Crippen LogP contribution in [0.25, 0.3) is 10.9 Å². The number of pyridine rings is 1. The highest BCUT2D eigenvalue weighted by Gasteiger charge is 2.43. The second-order valence-corrected chi connectivity index (χ2v) is 17.9. The summed E-state index contributed by atoms with van der Waals surface area (Å²) in [5.74, 6) is -2.55. The average Bonchev–Trinajstić information content (AvgIpc) is 3.63. The van der Waals surface area contributed by atoms with Gasteiger partial charge in [0.05, 0.1) is 41.7 Å². The normalized spacial score (nSPS) is 21.7. The number of anilines is 4. The Kier molecular flexibility index (Phi) is 12.4. The summed E-state index contributed by atoms with van der Waals surface area (Å²) in [6.07, 6.45) is 5.38. The molecule has 4 amide bonds. The van der Waals surface area contributed by atoms with Gasteiger partial charge in [0, 0.05) is 87.5 Å². The molecule has 2 aromatic carbocycles. The molecular formula is C45H51ClF2N10O7. The molecule has 65 heavy (non-hydrogen) atoms. The quantitative estimate of drug-likeness (QED) is 0.172. The molecule has 17 nitrogen and oxygen atoms in total. The molecule has 4 fully saturated rings. The van der Waals surface area contributed by atoms with Crippen LogP contribution in [0.3, 0.4) is 0 Å². The maximum atomic E-state index is 16.0. The Labute approximate surface area is 378 Å². The van der Waals surface area contributed by atoms with Crippen molar-refractivity contribution in [1.82, 2.24) is 35.0 Å². The van der Waals surface area contributed by atoms with Gasteiger partial charge < -0.3 is 39.4 Å². The zero-order chi connectivity index (χ0) is 45.7. The molecule has 4 aromatic rings. The molecule has 1 aliphatic carbocycles. The third-order valence-corrected chi connectivity index (χ3v) is 13.5. The number of carbonyl (C=O) groups is 4. The number of hydrogen-bond donors (Lipinski definition) is 3. The Balaban J connectivity index is 0.753. The summed E-state index contributed by atoms with van der Waals surface area (Å²) in [4.78, 5) is 79.1. The van der Waals surface area contributed by atoms with Crippen LogP contribution in [0.15, 0.2) is 41.3 Å². The molecule has 2 aromatic heterocycles. The number of rotatable bonds is 12. The van der Waals surface area contributed by atoms with Crippen molar-refractivity contribution in [1.29, 1.82) is 0 Å². The van der Waals surface area contributed by atoms with E-state index in [0.717, 1.165) is 42.0 Å². The van der Waals surface area contributed by atoms with Gasteiger partial charge in [-0.1, -0.05) is 11.6 Å². The van der Waals surface area contributed by atoms with Crippen LogP contribution in [-0.4, -0.2) is 125 Å². The van der Waals surface area contributed by atoms with Crippen LogP contribution < -0.4 is 36.0 Å². The molecule has 6 heterocycles. The van der Waals surface area contributed by atoms with Gasteiger partial charge in [-0.25, -0.2) is 13.8 Å². The lowest BCUT2D eigenvalue weighted by atomic mass is 9.87. The van der Waals surface area contributed by atoms with Gasteiger partial charge in [0.2, 0.25) is 17.8 Å². The topological polar surface area (TPSA) is 184 Å². The van der Waals surface area contributed by atoms with Gasteiger partial charge in [0.15, 0.2) is 24.0 Å². The Bertz CT molecular complexity index is 2610. The number of piperidine rings is 2. The van der Waals surface area contributed by atoms with Gasteiger partial charge in [-0.05, 0) is 70.2 Å². The number of amides is 4. The second kappa shape index (κ2) is 18.2. The second-order valence-electron chi connectivity index (χ2n) is 17.5. The Hall–Kier alpha value is -5.92. The number of piperazine rings is 1. The van der Waals surface area contributed by atoms with E-state index >= 15 is 8.78 Å². The molecule has 9 rings (SSSR count). The number of nitrogens with zero attached hydrogens (tertiary/aromatic N) is 7. The van der Waals surface area contributed by atoms with Crippen LogP contribution in [0.5, 0.6) is 5.75 Å². The number of benzene rings is 2. The summed E-state index contributed by atoms with van der Waals surface area (Å²) in [6.45, 7) is 7.04. The first kappa shape index (κ1) is 44.3. The molecule has 3 N–H and O–H groups in total. The molecule has 0 spiro atoms. The maximum Gasteiger partial charge on any atom is 0.293 e. The van der Waals surface area contributed by atoms with E-state index < -0.39 is 35.4 Å². The van der Waals surface area contributed by atoms with E-state index in [4.69, 9.17) is 26.1 Å². The van der Waals surface area contributed by atoms with E-state index in [9.17, 15) is 24.0 Å². The summed E-state index contributed by atoms with van der Waals surface area (Å²) in [6, 6.07) is 7.52. The first-order chi connectivity index (χ1) is 31.3. The fraction of sp³-hybridized carbons (Fsp3) is 0.489.